The lowest BCUT2D eigenvalue weighted by atomic mass is 10.1. The smallest absolute Gasteiger partial charge is 0.0865 e. The Morgan fingerprint density at radius 1 is 1.45 bits per heavy atom. The fraction of sp³-hybridized carbons (Fsp3) is 0.462. The third-order valence-corrected chi connectivity index (χ3v) is 5.94. The number of aliphatic hydroxyl groups excluding tert-OH is 1. The molecule has 0 aliphatic carbocycles. The summed E-state index contributed by atoms with van der Waals surface area (Å²) in [6.45, 7) is 4.80. The SMILES string of the molecule is CCc1nn(CC)c(CC(O)c2cc(Br)sc2Br)c1Cl. The molecule has 1 atom stereocenters. The lowest BCUT2D eigenvalue weighted by molar-refractivity contribution is 0.175. The molecule has 7 heteroatoms. The van der Waals surface area contributed by atoms with Crippen LogP contribution in [0.15, 0.2) is 13.6 Å². The number of aliphatic hydroxyl groups is 1. The molecule has 0 aliphatic rings. The van der Waals surface area contributed by atoms with Crippen molar-refractivity contribution in [3.63, 3.8) is 0 Å². The summed E-state index contributed by atoms with van der Waals surface area (Å²) in [6, 6.07) is 1.93. The van der Waals surface area contributed by atoms with Gasteiger partial charge in [-0.15, -0.1) is 11.3 Å². The van der Waals surface area contributed by atoms with Gasteiger partial charge in [0.2, 0.25) is 0 Å². The highest BCUT2D eigenvalue weighted by atomic mass is 79.9. The zero-order valence-electron chi connectivity index (χ0n) is 11.2. The summed E-state index contributed by atoms with van der Waals surface area (Å²) < 4.78 is 3.80. The summed E-state index contributed by atoms with van der Waals surface area (Å²) in [5.74, 6) is 0. The van der Waals surface area contributed by atoms with Crippen molar-refractivity contribution in [1.82, 2.24) is 9.78 Å². The third-order valence-electron chi connectivity index (χ3n) is 3.12. The Kier molecular flexibility index (Phi) is 5.71. The van der Waals surface area contributed by atoms with Crippen molar-refractivity contribution in [3.8, 4) is 0 Å². The van der Waals surface area contributed by atoms with Crippen molar-refractivity contribution in [2.45, 2.75) is 39.3 Å². The van der Waals surface area contributed by atoms with Crippen LogP contribution in [0, 0.1) is 0 Å². The van der Waals surface area contributed by atoms with Crippen LogP contribution in [0.2, 0.25) is 5.02 Å². The Morgan fingerprint density at radius 3 is 2.65 bits per heavy atom. The first-order chi connectivity index (χ1) is 9.47. The normalized spacial score (nSPS) is 12.9. The van der Waals surface area contributed by atoms with E-state index in [4.69, 9.17) is 11.6 Å². The first-order valence-electron chi connectivity index (χ1n) is 6.34. The largest absolute Gasteiger partial charge is 0.388 e. The molecule has 0 saturated carbocycles. The Bertz CT molecular complexity index is 612. The van der Waals surface area contributed by atoms with E-state index in [1.54, 1.807) is 11.3 Å². The second kappa shape index (κ2) is 6.92. The van der Waals surface area contributed by atoms with E-state index in [0.29, 0.717) is 11.4 Å². The molecule has 2 aromatic rings. The molecule has 0 saturated heterocycles. The van der Waals surface area contributed by atoms with Crippen LogP contribution < -0.4 is 0 Å². The molecule has 0 fully saturated rings. The molecule has 2 rings (SSSR count). The van der Waals surface area contributed by atoms with Crippen molar-refractivity contribution < 1.29 is 5.11 Å². The van der Waals surface area contributed by atoms with Crippen molar-refractivity contribution in [2.24, 2.45) is 0 Å². The standard InChI is InChI=1S/C13H15Br2ClN2OS/c1-3-8-12(16)9(18(4-2)17-8)6-10(19)7-5-11(14)20-13(7)15/h5,10,19H,3-4,6H2,1-2H3. The van der Waals surface area contributed by atoms with Crippen LogP contribution >= 0.6 is 54.8 Å². The Balaban J connectivity index is 2.29. The summed E-state index contributed by atoms with van der Waals surface area (Å²) in [4.78, 5) is 0. The summed E-state index contributed by atoms with van der Waals surface area (Å²) in [5, 5.41) is 15.6. The molecule has 2 aromatic heterocycles. The number of hydrogen-bond acceptors (Lipinski definition) is 3. The molecule has 0 radical (unpaired) electrons. The van der Waals surface area contributed by atoms with Gasteiger partial charge < -0.3 is 5.11 Å². The van der Waals surface area contributed by atoms with E-state index in [2.05, 4.69) is 37.0 Å². The first-order valence-corrected chi connectivity index (χ1v) is 9.12. The molecule has 3 nitrogen and oxygen atoms in total. The van der Waals surface area contributed by atoms with Gasteiger partial charge in [-0.3, -0.25) is 4.68 Å². The summed E-state index contributed by atoms with van der Waals surface area (Å²) >= 11 is 14.8. The van der Waals surface area contributed by atoms with Crippen LogP contribution in [0.25, 0.3) is 0 Å². The van der Waals surface area contributed by atoms with Crippen molar-refractivity contribution in [2.75, 3.05) is 0 Å². The molecule has 0 amide bonds. The first kappa shape index (κ1) is 16.5. The topological polar surface area (TPSA) is 38.0 Å². The van der Waals surface area contributed by atoms with E-state index in [1.807, 2.05) is 24.6 Å². The van der Waals surface area contributed by atoms with Gasteiger partial charge in [-0.1, -0.05) is 18.5 Å². The minimum absolute atomic E-state index is 0.460. The summed E-state index contributed by atoms with van der Waals surface area (Å²) in [6.07, 6.45) is 0.653. The maximum absolute atomic E-state index is 10.5. The third kappa shape index (κ3) is 3.30. The maximum Gasteiger partial charge on any atom is 0.0865 e. The number of thiophene rings is 1. The average molecular weight is 443 g/mol. The number of aromatic nitrogens is 2. The van der Waals surface area contributed by atoms with Crippen LogP contribution in [0.3, 0.4) is 0 Å². The highest BCUT2D eigenvalue weighted by Gasteiger charge is 2.21. The summed E-state index contributed by atoms with van der Waals surface area (Å²) in [7, 11) is 0. The molecule has 0 bridgehead atoms. The van der Waals surface area contributed by atoms with Gasteiger partial charge in [-0.2, -0.15) is 5.10 Å². The highest BCUT2D eigenvalue weighted by molar-refractivity contribution is 9.12. The second-order valence-electron chi connectivity index (χ2n) is 4.38. The molecule has 20 heavy (non-hydrogen) atoms. The van der Waals surface area contributed by atoms with Crippen LogP contribution in [0.4, 0.5) is 0 Å². The number of halogens is 3. The van der Waals surface area contributed by atoms with Gasteiger partial charge in [0.05, 0.1) is 30.1 Å². The van der Waals surface area contributed by atoms with Crippen LogP contribution in [-0.2, 0) is 19.4 Å². The molecule has 0 spiro atoms. The van der Waals surface area contributed by atoms with Gasteiger partial charge in [0, 0.05) is 18.5 Å². The zero-order valence-corrected chi connectivity index (χ0v) is 15.9. The Morgan fingerprint density at radius 2 is 2.15 bits per heavy atom. The minimum Gasteiger partial charge on any atom is -0.388 e. The van der Waals surface area contributed by atoms with Gasteiger partial charge >= 0.3 is 0 Å². The molecular formula is C13H15Br2ClN2OS. The average Bonchev–Trinajstić information content (AvgIpc) is 2.90. The highest BCUT2D eigenvalue weighted by Crippen LogP contribution is 2.37. The summed E-state index contributed by atoms with van der Waals surface area (Å²) in [5.41, 5.74) is 2.66. The van der Waals surface area contributed by atoms with Gasteiger partial charge in [0.15, 0.2) is 0 Å². The number of rotatable bonds is 5. The van der Waals surface area contributed by atoms with Crippen molar-refractivity contribution >= 4 is 54.8 Å². The van der Waals surface area contributed by atoms with Crippen molar-refractivity contribution in [3.05, 3.63) is 35.6 Å². The van der Waals surface area contributed by atoms with E-state index in [-0.39, 0.29) is 0 Å². The zero-order chi connectivity index (χ0) is 14.9. The molecule has 0 aromatic carbocycles. The van der Waals surface area contributed by atoms with Gasteiger partial charge in [0.1, 0.15) is 0 Å². The van der Waals surface area contributed by atoms with E-state index in [9.17, 15) is 5.11 Å². The minimum atomic E-state index is -0.601. The fourth-order valence-corrected chi connectivity index (χ4v) is 5.39. The second-order valence-corrected chi connectivity index (χ2v) is 8.50. The predicted octanol–water partition coefficient (Wildman–Crippen LogP) is 4.98. The molecular weight excluding hydrogens is 427 g/mol. The number of aryl methyl sites for hydroxylation is 2. The lowest BCUT2D eigenvalue weighted by Gasteiger charge is -2.11. The number of hydrogen-bond donors (Lipinski definition) is 1. The fourth-order valence-electron chi connectivity index (χ4n) is 2.09. The number of nitrogens with zero attached hydrogens (tertiary/aromatic N) is 2. The van der Waals surface area contributed by atoms with E-state index >= 15 is 0 Å². The Labute approximate surface area is 144 Å². The molecule has 1 N–H and O–H groups in total. The molecule has 2 heterocycles. The maximum atomic E-state index is 10.5. The van der Waals surface area contributed by atoms with Gasteiger partial charge in [-0.25, -0.2) is 0 Å². The van der Waals surface area contributed by atoms with E-state index in [1.165, 1.54) is 0 Å². The van der Waals surface area contributed by atoms with Crippen molar-refractivity contribution in [1.29, 1.82) is 0 Å². The van der Waals surface area contributed by atoms with E-state index < -0.39 is 6.10 Å². The Hall–Kier alpha value is 0.120. The molecule has 0 aliphatic heterocycles. The van der Waals surface area contributed by atoms with Gasteiger partial charge in [-0.05, 0) is 51.3 Å². The van der Waals surface area contributed by atoms with E-state index in [0.717, 1.165) is 37.5 Å². The molecule has 110 valence electrons. The van der Waals surface area contributed by atoms with Crippen LogP contribution in [-0.4, -0.2) is 14.9 Å². The lowest BCUT2D eigenvalue weighted by Crippen LogP contribution is -2.08. The molecule has 1 unspecified atom stereocenters. The predicted molar refractivity (Wildman–Crippen MR) is 90.7 cm³/mol. The monoisotopic (exact) mass is 440 g/mol. The van der Waals surface area contributed by atoms with Gasteiger partial charge in [0.25, 0.3) is 0 Å². The quantitative estimate of drug-likeness (QED) is 0.709. The van der Waals surface area contributed by atoms with Crippen LogP contribution in [0.1, 0.15) is 36.9 Å². The van der Waals surface area contributed by atoms with Crippen LogP contribution in [0.5, 0.6) is 0 Å².